The predicted molar refractivity (Wildman–Crippen MR) is 98.3 cm³/mol. The summed E-state index contributed by atoms with van der Waals surface area (Å²) in [6.45, 7) is 6.03. The van der Waals surface area contributed by atoms with Crippen molar-refractivity contribution in [2.24, 2.45) is 5.92 Å². The van der Waals surface area contributed by atoms with Gasteiger partial charge in [-0.3, -0.25) is 9.59 Å². The number of rotatable bonds is 7. The largest absolute Gasteiger partial charge is 0.326 e. The first-order valence-electron chi connectivity index (χ1n) is 8.53. The van der Waals surface area contributed by atoms with Gasteiger partial charge in [-0.15, -0.1) is 0 Å². The zero-order chi connectivity index (χ0) is 18.4. The molecule has 0 spiro atoms. The minimum absolute atomic E-state index is 0.0536. The van der Waals surface area contributed by atoms with Crippen LogP contribution in [0.2, 0.25) is 0 Å². The Morgan fingerprint density at radius 3 is 2.32 bits per heavy atom. The molecule has 0 saturated heterocycles. The van der Waals surface area contributed by atoms with E-state index in [1.54, 1.807) is 6.92 Å². The van der Waals surface area contributed by atoms with Crippen molar-refractivity contribution in [3.63, 3.8) is 0 Å². The fourth-order valence-corrected chi connectivity index (χ4v) is 2.65. The first-order valence-corrected chi connectivity index (χ1v) is 8.53. The number of nitrogens with one attached hydrogen (secondary N) is 1. The lowest BCUT2D eigenvalue weighted by Gasteiger charge is -2.09. The second-order valence-electron chi connectivity index (χ2n) is 6.73. The van der Waals surface area contributed by atoms with E-state index in [1.807, 2.05) is 24.3 Å². The van der Waals surface area contributed by atoms with E-state index in [2.05, 4.69) is 19.2 Å². The predicted octanol–water partition coefficient (Wildman–Crippen LogP) is 4.93. The molecule has 0 fully saturated rings. The molecule has 0 aromatic heterocycles. The summed E-state index contributed by atoms with van der Waals surface area (Å²) >= 11 is 0. The van der Waals surface area contributed by atoms with Crippen LogP contribution in [-0.2, 0) is 11.2 Å². The quantitative estimate of drug-likeness (QED) is 0.726. The van der Waals surface area contributed by atoms with E-state index < -0.39 is 0 Å². The maximum absolute atomic E-state index is 13.1. The topological polar surface area (TPSA) is 46.2 Å². The monoisotopic (exact) mass is 341 g/mol. The van der Waals surface area contributed by atoms with E-state index in [0.717, 1.165) is 6.42 Å². The van der Waals surface area contributed by atoms with Crippen LogP contribution < -0.4 is 5.32 Å². The van der Waals surface area contributed by atoms with Crippen molar-refractivity contribution in [2.45, 2.75) is 40.0 Å². The molecular formula is C21H24FNO2. The van der Waals surface area contributed by atoms with Gasteiger partial charge in [-0.1, -0.05) is 38.1 Å². The molecule has 1 amide bonds. The van der Waals surface area contributed by atoms with E-state index in [1.165, 1.54) is 23.8 Å². The molecule has 0 aliphatic carbocycles. The smallest absolute Gasteiger partial charge is 0.224 e. The van der Waals surface area contributed by atoms with E-state index in [9.17, 15) is 14.0 Å². The zero-order valence-electron chi connectivity index (χ0n) is 14.9. The van der Waals surface area contributed by atoms with Gasteiger partial charge in [0.05, 0.1) is 0 Å². The number of benzene rings is 2. The molecular weight excluding hydrogens is 317 g/mol. The van der Waals surface area contributed by atoms with Crippen molar-refractivity contribution in [1.82, 2.24) is 0 Å². The lowest BCUT2D eigenvalue weighted by molar-refractivity contribution is -0.116. The summed E-state index contributed by atoms with van der Waals surface area (Å²) in [6, 6.07) is 11.8. The highest BCUT2D eigenvalue weighted by Gasteiger charge is 2.11. The van der Waals surface area contributed by atoms with Gasteiger partial charge in [-0.05, 0) is 48.6 Å². The van der Waals surface area contributed by atoms with Crippen LogP contribution in [0.4, 0.5) is 10.1 Å². The maximum atomic E-state index is 13.1. The van der Waals surface area contributed by atoms with Gasteiger partial charge in [0.2, 0.25) is 5.91 Å². The van der Waals surface area contributed by atoms with Crippen LogP contribution in [0.3, 0.4) is 0 Å². The number of hydrogen-bond donors (Lipinski definition) is 1. The Labute approximate surface area is 148 Å². The third kappa shape index (κ3) is 5.82. The first-order chi connectivity index (χ1) is 11.8. The molecule has 0 radical (unpaired) electrons. The highest BCUT2D eigenvalue weighted by molar-refractivity contribution is 6.00. The molecule has 0 atom stereocenters. The molecule has 25 heavy (non-hydrogen) atoms. The van der Waals surface area contributed by atoms with Crippen molar-refractivity contribution in [1.29, 1.82) is 0 Å². The van der Waals surface area contributed by atoms with Gasteiger partial charge in [0, 0.05) is 24.1 Å². The highest BCUT2D eigenvalue weighted by Crippen LogP contribution is 2.17. The molecule has 3 nitrogen and oxygen atoms in total. The van der Waals surface area contributed by atoms with Crippen LogP contribution in [0.25, 0.3) is 0 Å². The van der Waals surface area contributed by atoms with Crippen molar-refractivity contribution >= 4 is 17.4 Å². The number of hydrogen-bond acceptors (Lipinski definition) is 2. The third-order valence-corrected chi connectivity index (χ3v) is 3.96. The number of carbonyl (C=O) groups excluding carboxylic acids is 2. The van der Waals surface area contributed by atoms with Crippen molar-refractivity contribution < 1.29 is 14.0 Å². The van der Waals surface area contributed by atoms with Gasteiger partial charge in [-0.2, -0.15) is 0 Å². The van der Waals surface area contributed by atoms with E-state index >= 15 is 0 Å². The molecule has 2 rings (SSSR count). The number of ketones is 1. The van der Waals surface area contributed by atoms with E-state index in [-0.39, 0.29) is 30.3 Å². The number of halogens is 1. The minimum atomic E-state index is -0.341. The molecule has 0 heterocycles. The van der Waals surface area contributed by atoms with Gasteiger partial charge in [0.15, 0.2) is 5.78 Å². The maximum Gasteiger partial charge on any atom is 0.224 e. The van der Waals surface area contributed by atoms with Crippen LogP contribution in [0.5, 0.6) is 0 Å². The Balaban J connectivity index is 1.87. The standard InChI is InChI=1S/C21H24FNO2/c1-14(2)12-16-4-6-17(7-5-16)20(24)10-11-21(25)23-19-9-8-18(22)13-15(19)3/h4-9,13-14H,10-12H2,1-3H3,(H,23,25). The summed E-state index contributed by atoms with van der Waals surface area (Å²) in [4.78, 5) is 24.2. The van der Waals surface area contributed by atoms with Crippen LogP contribution in [0.15, 0.2) is 42.5 Å². The number of amides is 1. The second-order valence-corrected chi connectivity index (χ2v) is 6.73. The van der Waals surface area contributed by atoms with Crippen LogP contribution in [0.1, 0.15) is 48.2 Å². The van der Waals surface area contributed by atoms with Crippen LogP contribution >= 0.6 is 0 Å². The Hall–Kier alpha value is -2.49. The fourth-order valence-electron chi connectivity index (χ4n) is 2.65. The van der Waals surface area contributed by atoms with Crippen LogP contribution in [-0.4, -0.2) is 11.7 Å². The molecule has 0 saturated carbocycles. The number of anilines is 1. The van der Waals surface area contributed by atoms with Gasteiger partial charge in [-0.25, -0.2) is 4.39 Å². The highest BCUT2D eigenvalue weighted by atomic mass is 19.1. The SMILES string of the molecule is Cc1cc(F)ccc1NC(=O)CCC(=O)c1ccc(CC(C)C)cc1. The molecule has 2 aromatic rings. The number of aryl methyl sites for hydroxylation is 1. The van der Waals surface area contributed by atoms with Gasteiger partial charge < -0.3 is 5.32 Å². The summed E-state index contributed by atoms with van der Waals surface area (Å²) in [7, 11) is 0. The van der Waals surface area contributed by atoms with Gasteiger partial charge in [0.25, 0.3) is 0 Å². The normalized spacial score (nSPS) is 10.8. The van der Waals surface area contributed by atoms with Gasteiger partial charge >= 0.3 is 0 Å². The molecule has 0 aliphatic rings. The van der Waals surface area contributed by atoms with Crippen molar-refractivity contribution in [3.8, 4) is 0 Å². The minimum Gasteiger partial charge on any atom is -0.326 e. The summed E-state index contributed by atoms with van der Waals surface area (Å²) in [5.74, 6) is -0.0756. The lowest BCUT2D eigenvalue weighted by atomic mass is 9.99. The first kappa shape index (κ1) is 18.8. The number of carbonyl (C=O) groups is 2. The zero-order valence-corrected chi connectivity index (χ0v) is 14.9. The van der Waals surface area contributed by atoms with Crippen LogP contribution in [0, 0.1) is 18.7 Å². The van der Waals surface area contributed by atoms with Gasteiger partial charge in [0.1, 0.15) is 5.82 Å². The fraction of sp³-hybridized carbons (Fsp3) is 0.333. The Kier molecular flexibility index (Phi) is 6.45. The average molecular weight is 341 g/mol. The molecule has 0 aliphatic heterocycles. The second kappa shape index (κ2) is 8.56. The van der Waals surface area contributed by atoms with E-state index in [4.69, 9.17) is 0 Å². The average Bonchev–Trinajstić information content (AvgIpc) is 2.55. The molecule has 4 heteroatoms. The third-order valence-electron chi connectivity index (χ3n) is 3.96. The summed E-state index contributed by atoms with van der Waals surface area (Å²) in [5, 5.41) is 2.72. The Morgan fingerprint density at radius 1 is 1.04 bits per heavy atom. The molecule has 0 unspecified atom stereocenters. The molecule has 1 N–H and O–H groups in total. The lowest BCUT2D eigenvalue weighted by Crippen LogP contribution is -2.14. The molecule has 0 bridgehead atoms. The van der Waals surface area contributed by atoms with E-state index in [0.29, 0.717) is 22.7 Å². The summed E-state index contributed by atoms with van der Waals surface area (Å²) in [6.07, 6.45) is 1.23. The van der Waals surface area contributed by atoms with Crippen molar-refractivity contribution in [2.75, 3.05) is 5.32 Å². The molecule has 2 aromatic carbocycles. The number of Topliss-reactive ketones (excluding diaryl/α,β-unsaturated/α-hetero) is 1. The van der Waals surface area contributed by atoms with Crippen molar-refractivity contribution in [3.05, 3.63) is 65.0 Å². The Bertz CT molecular complexity index is 751. The summed E-state index contributed by atoms with van der Waals surface area (Å²) in [5.41, 5.74) is 3.05. The molecule has 132 valence electrons. The Morgan fingerprint density at radius 2 is 1.72 bits per heavy atom. The summed E-state index contributed by atoms with van der Waals surface area (Å²) < 4.78 is 13.1.